The van der Waals surface area contributed by atoms with Crippen LogP contribution in [-0.2, 0) is 17.1 Å². The number of hydrogen-bond donors (Lipinski definition) is 1. The van der Waals surface area contributed by atoms with E-state index in [0.29, 0.717) is 10.4 Å². The molecule has 1 aromatic carbocycles. The quantitative estimate of drug-likeness (QED) is 0.738. The van der Waals surface area contributed by atoms with Gasteiger partial charge in [0.1, 0.15) is 0 Å². The molecule has 130 valence electrons. The molecular formula is C16H16N4O3S2. The van der Waals surface area contributed by atoms with Gasteiger partial charge in [0.15, 0.2) is 0 Å². The zero-order valence-electron chi connectivity index (χ0n) is 13.6. The standard InChI is InChI=1S/C16H16N4O3S2/c1-19-9-17-11-7-10(3-4-13(11)19)16(21)18-12-8-20(2)25(22,23)14-5-6-24-15(12)14/h3-7,9,12H,8H2,1-2H3,(H,18,21)/t12-/m0/s1. The summed E-state index contributed by atoms with van der Waals surface area (Å²) in [6, 6.07) is 6.56. The molecule has 0 spiro atoms. The Morgan fingerprint density at radius 1 is 1.32 bits per heavy atom. The number of benzene rings is 1. The molecule has 0 radical (unpaired) electrons. The fourth-order valence-electron chi connectivity index (χ4n) is 3.01. The third kappa shape index (κ3) is 2.55. The van der Waals surface area contributed by atoms with E-state index in [2.05, 4.69) is 10.3 Å². The van der Waals surface area contributed by atoms with Crippen molar-refractivity contribution in [1.82, 2.24) is 19.2 Å². The molecule has 0 saturated carbocycles. The Morgan fingerprint density at radius 2 is 2.12 bits per heavy atom. The van der Waals surface area contributed by atoms with Gasteiger partial charge < -0.3 is 9.88 Å². The van der Waals surface area contributed by atoms with Crippen LogP contribution in [0.2, 0.25) is 0 Å². The third-order valence-electron chi connectivity index (χ3n) is 4.39. The van der Waals surface area contributed by atoms with Crippen molar-refractivity contribution in [3.05, 3.63) is 46.4 Å². The Kier molecular flexibility index (Phi) is 3.67. The van der Waals surface area contributed by atoms with Gasteiger partial charge in [0.2, 0.25) is 10.0 Å². The van der Waals surface area contributed by atoms with Crippen LogP contribution in [0.1, 0.15) is 21.3 Å². The molecule has 1 amide bonds. The minimum Gasteiger partial charge on any atom is -0.343 e. The number of thiophene rings is 1. The van der Waals surface area contributed by atoms with Gasteiger partial charge >= 0.3 is 0 Å². The Morgan fingerprint density at radius 3 is 2.92 bits per heavy atom. The molecule has 1 atom stereocenters. The van der Waals surface area contributed by atoms with E-state index in [1.165, 1.54) is 22.7 Å². The summed E-state index contributed by atoms with van der Waals surface area (Å²) in [6.07, 6.45) is 1.70. The summed E-state index contributed by atoms with van der Waals surface area (Å²) in [4.78, 5) is 17.9. The Labute approximate surface area is 149 Å². The van der Waals surface area contributed by atoms with Gasteiger partial charge in [-0.2, -0.15) is 4.31 Å². The summed E-state index contributed by atoms with van der Waals surface area (Å²) >= 11 is 1.34. The van der Waals surface area contributed by atoms with Crippen molar-refractivity contribution in [3.63, 3.8) is 0 Å². The highest BCUT2D eigenvalue weighted by atomic mass is 32.2. The summed E-state index contributed by atoms with van der Waals surface area (Å²) in [6.45, 7) is 0.216. The van der Waals surface area contributed by atoms with E-state index in [1.54, 1.807) is 29.9 Å². The van der Waals surface area contributed by atoms with E-state index in [-0.39, 0.29) is 23.4 Å². The van der Waals surface area contributed by atoms with Crippen LogP contribution >= 0.6 is 11.3 Å². The number of carbonyl (C=O) groups excluding carboxylic acids is 1. The van der Waals surface area contributed by atoms with Gasteiger partial charge in [-0.05, 0) is 29.6 Å². The molecule has 0 fully saturated rings. The van der Waals surface area contributed by atoms with Gasteiger partial charge in [-0.15, -0.1) is 11.3 Å². The van der Waals surface area contributed by atoms with E-state index in [4.69, 9.17) is 0 Å². The van der Waals surface area contributed by atoms with Crippen molar-refractivity contribution in [1.29, 1.82) is 0 Å². The fraction of sp³-hybridized carbons (Fsp3) is 0.250. The van der Waals surface area contributed by atoms with E-state index >= 15 is 0 Å². The molecule has 1 aliphatic rings. The largest absolute Gasteiger partial charge is 0.343 e. The molecule has 3 aromatic rings. The number of imidazole rings is 1. The van der Waals surface area contributed by atoms with Gasteiger partial charge in [-0.1, -0.05) is 0 Å². The first-order valence-electron chi connectivity index (χ1n) is 7.63. The third-order valence-corrected chi connectivity index (χ3v) is 7.44. The van der Waals surface area contributed by atoms with E-state index in [9.17, 15) is 13.2 Å². The number of rotatable bonds is 2. The second-order valence-electron chi connectivity index (χ2n) is 6.02. The number of likely N-dealkylation sites (N-methyl/N-ethyl adjacent to an activating group) is 1. The minimum absolute atomic E-state index is 0.216. The van der Waals surface area contributed by atoms with Gasteiger partial charge in [0, 0.05) is 31.1 Å². The summed E-state index contributed by atoms with van der Waals surface area (Å²) in [5.74, 6) is -0.246. The maximum atomic E-state index is 12.7. The molecule has 0 aliphatic carbocycles. The Hall–Kier alpha value is -2.23. The second kappa shape index (κ2) is 5.65. The summed E-state index contributed by atoms with van der Waals surface area (Å²) in [5, 5.41) is 4.68. The smallest absolute Gasteiger partial charge is 0.251 e. The van der Waals surface area contributed by atoms with Crippen LogP contribution in [0.4, 0.5) is 0 Å². The number of amides is 1. The minimum atomic E-state index is -3.46. The zero-order valence-corrected chi connectivity index (χ0v) is 15.3. The predicted molar refractivity (Wildman–Crippen MR) is 95.1 cm³/mol. The average molecular weight is 376 g/mol. The predicted octanol–water partition coefficient (Wildman–Crippen LogP) is 1.74. The Balaban J connectivity index is 1.64. The van der Waals surface area contributed by atoms with Crippen LogP contribution in [0.25, 0.3) is 11.0 Å². The topological polar surface area (TPSA) is 84.3 Å². The van der Waals surface area contributed by atoms with Crippen LogP contribution in [0.15, 0.2) is 40.9 Å². The molecule has 0 unspecified atom stereocenters. The number of carbonyl (C=O) groups is 1. The van der Waals surface area contributed by atoms with Crippen molar-refractivity contribution in [2.24, 2.45) is 7.05 Å². The molecule has 0 bridgehead atoms. The van der Waals surface area contributed by atoms with Crippen LogP contribution in [0.5, 0.6) is 0 Å². The van der Waals surface area contributed by atoms with Crippen molar-refractivity contribution in [3.8, 4) is 0 Å². The maximum absolute atomic E-state index is 12.7. The number of hydrogen-bond acceptors (Lipinski definition) is 5. The van der Waals surface area contributed by atoms with Crippen molar-refractivity contribution in [2.75, 3.05) is 13.6 Å². The highest BCUT2D eigenvalue weighted by molar-refractivity contribution is 7.89. The molecule has 0 saturated heterocycles. The lowest BCUT2D eigenvalue weighted by atomic mass is 10.1. The van der Waals surface area contributed by atoms with E-state index < -0.39 is 10.0 Å². The van der Waals surface area contributed by atoms with Gasteiger partial charge in [0.25, 0.3) is 5.91 Å². The van der Waals surface area contributed by atoms with E-state index in [0.717, 1.165) is 11.0 Å². The van der Waals surface area contributed by atoms with Crippen molar-refractivity contribution in [2.45, 2.75) is 10.9 Å². The number of fused-ring (bicyclic) bond motifs is 2. The number of nitrogens with zero attached hydrogens (tertiary/aromatic N) is 3. The highest BCUT2D eigenvalue weighted by Crippen LogP contribution is 2.35. The lowest BCUT2D eigenvalue weighted by Gasteiger charge is -2.29. The number of sulfonamides is 1. The molecule has 1 N–H and O–H groups in total. The van der Waals surface area contributed by atoms with Crippen LogP contribution in [0.3, 0.4) is 0 Å². The number of aromatic nitrogens is 2. The van der Waals surface area contributed by atoms with E-state index in [1.807, 2.05) is 17.7 Å². The van der Waals surface area contributed by atoms with Gasteiger partial charge in [0.05, 0.1) is 28.3 Å². The normalized spacial score (nSPS) is 19.7. The lowest BCUT2D eigenvalue weighted by Crippen LogP contribution is -2.42. The first-order chi connectivity index (χ1) is 11.9. The molecule has 7 nitrogen and oxygen atoms in total. The van der Waals surface area contributed by atoms with Gasteiger partial charge in [-0.3, -0.25) is 4.79 Å². The molecule has 4 rings (SSSR count). The summed E-state index contributed by atoms with van der Waals surface area (Å²) in [5.41, 5.74) is 2.19. The zero-order chi connectivity index (χ0) is 17.8. The summed E-state index contributed by atoms with van der Waals surface area (Å²) in [7, 11) is -0.0397. The van der Waals surface area contributed by atoms with Crippen LogP contribution < -0.4 is 5.32 Å². The lowest BCUT2D eigenvalue weighted by molar-refractivity contribution is 0.0932. The molecule has 9 heteroatoms. The molecular weight excluding hydrogens is 360 g/mol. The van der Waals surface area contributed by atoms with Crippen LogP contribution in [-0.4, -0.2) is 41.8 Å². The van der Waals surface area contributed by atoms with Crippen LogP contribution in [0, 0.1) is 0 Å². The number of nitrogens with one attached hydrogen (secondary N) is 1. The molecule has 1 aliphatic heterocycles. The first kappa shape index (κ1) is 16.2. The SMILES string of the molecule is CN1C[C@H](NC(=O)c2ccc3c(c2)ncn3C)c2sccc2S1(=O)=O. The molecule has 25 heavy (non-hydrogen) atoms. The molecule has 2 aromatic heterocycles. The average Bonchev–Trinajstić information content (AvgIpc) is 3.20. The van der Waals surface area contributed by atoms with Gasteiger partial charge in [-0.25, -0.2) is 13.4 Å². The second-order valence-corrected chi connectivity index (χ2v) is 8.98. The molecule has 3 heterocycles. The van der Waals surface area contributed by atoms with Crippen molar-refractivity contribution >= 4 is 38.3 Å². The first-order valence-corrected chi connectivity index (χ1v) is 9.95. The highest BCUT2D eigenvalue weighted by Gasteiger charge is 2.36. The summed E-state index contributed by atoms with van der Waals surface area (Å²) < 4.78 is 27.8. The van der Waals surface area contributed by atoms with Crippen molar-refractivity contribution < 1.29 is 13.2 Å². The Bertz CT molecular complexity index is 1080. The maximum Gasteiger partial charge on any atom is 0.251 e. The monoisotopic (exact) mass is 376 g/mol. The fourth-order valence-corrected chi connectivity index (χ4v) is 5.71. The number of aryl methyl sites for hydroxylation is 1.